The summed E-state index contributed by atoms with van der Waals surface area (Å²) in [6.45, 7) is 4.21. The molecule has 2 aliphatic heterocycles. The SMILES string of the molecule is COC1CC(OC2CC3=CCC4C(CCC5(C)C6CCC45OCC6=O)C3(C=O)CC2O)OC(C)C1O. The summed E-state index contributed by atoms with van der Waals surface area (Å²) in [5.41, 5.74) is -0.210. The van der Waals surface area contributed by atoms with Crippen molar-refractivity contribution in [1.82, 2.24) is 0 Å². The van der Waals surface area contributed by atoms with E-state index >= 15 is 0 Å². The summed E-state index contributed by atoms with van der Waals surface area (Å²) in [4.78, 5) is 25.6. The van der Waals surface area contributed by atoms with Gasteiger partial charge in [0.1, 0.15) is 19.0 Å². The fourth-order valence-corrected chi connectivity index (χ4v) is 9.32. The standard InChI is InChI=1S/C28H40O8/c1-15-25(32)23(33-3)11-24(35-15)36-22-10-16-4-5-18-17(27(16,14-29)12-20(22)30)6-8-26(2)19-7-9-28(18,26)34-13-21(19)31/h4,14-15,17-20,22-25,30,32H,5-13H2,1-3H3. The monoisotopic (exact) mass is 504 g/mol. The Hall–Kier alpha value is -1.16. The van der Waals surface area contributed by atoms with Crippen LogP contribution in [0.1, 0.15) is 65.2 Å². The molecule has 0 aromatic heterocycles. The lowest BCUT2D eigenvalue weighted by molar-refractivity contribution is -0.276. The van der Waals surface area contributed by atoms with Crippen LogP contribution in [0.5, 0.6) is 0 Å². The molecule has 0 spiro atoms. The quantitative estimate of drug-likeness (QED) is 0.443. The zero-order valence-corrected chi connectivity index (χ0v) is 21.6. The number of ketones is 1. The molecule has 0 aromatic rings. The molecule has 0 amide bonds. The molecule has 12 atom stereocenters. The number of carbonyl (C=O) groups excluding carboxylic acids is 2. The number of Topliss-reactive ketones (excluding diaryl/α,β-unsaturated/α-hetero) is 1. The number of fused-ring (bicyclic) bond motifs is 3. The van der Waals surface area contributed by atoms with Crippen molar-refractivity contribution >= 4 is 12.1 Å². The van der Waals surface area contributed by atoms with Crippen molar-refractivity contribution in [3.05, 3.63) is 11.6 Å². The number of carbonyl (C=O) groups is 2. The zero-order valence-electron chi connectivity index (χ0n) is 21.6. The molecule has 4 aliphatic carbocycles. The Kier molecular flexibility index (Phi) is 6.06. The molecule has 12 unspecified atom stereocenters. The Bertz CT molecular complexity index is 950. The minimum absolute atomic E-state index is 0.0619. The third-order valence-electron chi connectivity index (χ3n) is 11.2. The van der Waals surface area contributed by atoms with Crippen LogP contribution in [0.15, 0.2) is 11.6 Å². The first kappa shape index (κ1) is 25.1. The molecule has 3 saturated carbocycles. The Morgan fingerprint density at radius 1 is 1.17 bits per heavy atom. The van der Waals surface area contributed by atoms with E-state index in [0.29, 0.717) is 19.3 Å². The summed E-state index contributed by atoms with van der Waals surface area (Å²) >= 11 is 0. The average molecular weight is 505 g/mol. The molecular formula is C28H40O8. The molecule has 0 radical (unpaired) electrons. The van der Waals surface area contributed by atoms with Crippen LogP contribution in [0.25, 0.3) is 0 Å². The maximum absolute atomic E-state index is 12.9. The summed E-state index contributed by atoms with van der Waals surface area (Å²) in [5.74, 6) is 0.549. The highest BCUT2D eigenvalue weighted by Crippen LogP contribution is 2.70. The van der Waals surface area contributed by atoms with E-state index in [2.05, 4.69) is 13.0 Å². The van der Waals surface area contributed by atoms with Gasteiger partial charge in [-0.25, -0.2) is 0 Å². The van der Waals surface area contributed by atoms with Crippen LogP contribution in [0.3, 0.4) is 0 Å². The van der Waals surface area contributed by atoms with Crippen LogP contribution in [0.2, 0.25) is 0 Å². The van der Waals surface area contributed by atoms with Crippen molar-refractivity contribution in [1.29, 1.82) is 0 Å². The number of hydrogen-bond acceptors (Lipinski definition) is 8. The molecule has 8 nitrogen and oxygen atoms in total. The number of aldehydes is 1. The summed E-state index contributed by atoms with van der Waals surface area (Å²) in [7, 11) is 1.56. The van der Waals surface area contributed by atoms with E-state index in [1.807, 2.05) is 0 Å². The minimum Gasteiger partial charge on any atom is -0.390 e. The predicted molar refractivity (Wildman–Crippen MR) is 128 cm³/mol. The van der Waals surface area contributed by atoms with Crippen molar-refractivity contribution in [2.24, 2.45) is 28.6 Å². The summed E-state index contributed by atoms with van der Waals surface area (Å²) < 4.78 is 24.0. The van der Waals surface area contributed by atoms with Crippen LogP contribution in [-0.4, -0.2) is 78.4 Å². The second-order valence-electron chi connectivity index (χ2n) is 12.4. The van der Waals surface area contributed by atoms with E-state index < -0.39 is 42.2 Å². The van der Waals surface area contributed by atoms with Gasteiger partial charge in [0, 0.05) is 24.9 Å². The third-order valence-corrected chi connectivity index (χ3v) is 11.2. The molecule has 0 aromatic carbocycles. The third kappa shape index (κ3) is 3.27. The second-order valence-corrected chi connectivity index (χ2v) is 12.4. The molecule has 8 heteroatoms. The number of ether oxygens (including phenoxy) is 4. The van der Waals surface area contributed by atoms with Crippen molar-refractivity contribution < 1.29 is 38.7 Å². The molecule has 5 fully saturated rings. The molecular weight excluding hydrogens is 464 g/mol. The molecule has 2 heterocycles. The summed E-state index contributed by atoms with van der Waals surface area (Å²) in [5, 5.41) is 21.6. The zero-order chi connectivity index (χ0) is 25.5. The van der Waals surface area contributed by atoms with Crippen LogP contribution in [0, 0.1) is 28.6 Å². The van der Waals surface area contributed by atoms with E-state index in [-0.39, 0.29) is 41.2 Å². The molecule has 2 N–H and O–H groups in total. The van der Waals surface area contributed by atoms with Gasteiger partial charge in [0.15, 0.2) is 12.1 Å². The van der Waals surface area contributed by atoms with Crippen LogP contribution >= 0.6 is 0 Å². The van der Waals surface area contributed by atoms with Gasteiger partial charge in [-0.2, -0.15) is 0 Å². The summed E-state index contributed by atoms with van der Waals surface area (Å²) in [6.07, 6.45) is 5.33. The first-order valence-electron chi connectivity index (χ1n) is 13.7. The average Bonchev–Trinajstić information content (AvgIpc) is 3.05. The van der Waals surface area contributed by atoms with E-state index in [0.717, 1.165) is 44.0 Å². The highest BCUT2D eigenvalue weighted by atomic mass is 16.7. The molecule has 6 rings (SSSR count). The largest absolute Gasteiger partial charge is 0.390 e. The Labute approximate surface area is 212 Å². The first-order valence-corrected chi connectivity index (χ1v) is 13.7. The highest BCUT2D eigenvalue weighted by molar-refractivity contribution is 5.85. The van der Waals surface area contributed by atoms with Gasteiger partial charge in [-0.3, -0.25) is 4.79 Å². The van der Waals surface area contributed by atoms with Crippen molar-refractivity contribution in [2.75, 3.05) is 13.7 Å². The Morgan fingerprint density at radius 3 is 2.72 bits per heavy atom. The van der Waals surface area contributed by atoms with Gasteiger partial charge in [0.2, 0.25) is 0 Å². The van der Waals surface area contributed by atoms with E-state index in [1.54, 1.807) is 14.0 Å². The number of aliphatic hydroxyl groups excluding tert-OH is 2. The number of methoxy groups -OCH3 is 1. The highest BCUT2D eigenvalue weighted by Gasteiger charge is 2.71. The second kappa shape index (κ2) is 8.68. The lowest BCUT2D eigenvalue weighted by Crippen LogP contribution is -2.66. The van der Waals surface area contributed by atoms with Crippen LogP contribution < -0.4 is 0 Å². The normalized spacial score (nSPS) is 54.2. The molecule has 200 valence electrons. The smallest absolute Gasteiger partial charge is 0.162 e. The number of aliphatic hydroxyl groups is 2. The van der Waals surface area contributed by atoms with Gasteiger partial charge in [0.25, 0.3) is 0 Å². The van der Waals surface area contributed by atoms with Gasteiger partial charge in [-0.15, -0.1) is 0 Å². The maximum atomic E-state index is 12.9. The molecule has 2 bridgehead atoms. The number of hydrogen-bond donors (Lipinski definition) is 2. The van der Waals surface area contributed by atoms with Gasteiger partial charge in [0.05, 0.1) is 35.4 Å². The van der Waals surface area contributed by atoms with Crippen molar-refractivity contribution in [2.45, 2.75) is 108 Å². The lowest BCUT2D eigenvalue weighted by Gasteiger charge is -2.63. The van der Waals surface area contributed by atoms with E-state index in [1.165, 1.54) is 0 Å². The van der Waals surface area contributed by atoms with Gasteiger partial charge in [-0.1, -0.05) is 18.6 Å². The Balaban J connectivity index is 1.25. The van der Waals surface area contributed by atoms with E-state index in [4.69, 9.17) is 18.9 Å². The van der Waals surface area contributed by atoms with Gasteiger partial charge >= 0.3 is 0 Å². The molecule has 2 saturated heterocycles. The fraction of sp³-hybridized carbons (Fsp3) is 0.857. The van der Waals surface area contributed by atoms with Crippen molar-refractivity contribution in [3.8, 4) is 0 Å². The molecule has 6 aliphatic rings. The first-order chi connectivity index (χ1) is 17.2. The number of rotatable bonds is 4. The maximum Gasteiger partial charge on any atom is 0.162 e. The van der Waals surface area contributed by atoms with Gasteiger partial charge in [-0.05, 0) is 63.7 Å². The Morgan fingerprint density at radius 2 is 1.97 bits per heavy atom. The van der Waals surface area contributed by atoms with Gasteiger partial charge < -0.3 is 34.0 Å². The van der Waals surface area contributed by atoms with E-state index in [9.17, 15) is 19.8 Å². The minimum atomic E-state index is -0.811. The lowest BCUT2D eigenvalue weighted by atomic mass is 9.45. The van der Waals surface area contributed by atoms with Crippen LogP contribution in [0.4, 0.5) is 0 Å². The predicted octanol–water partition coefficient (Wildman–Crippen LogP) is 2.33. The van der Waals surface area contributed by atoms with Crippen molar-refractivity contribution in [3.63, 3.8) is 0 Å². The summed E-state index contributed by atoms with van der Waals surface area (Å²) in [6, 6.07) is 0. The fourth-order valence-electron chi connectivity index (χ4n) is 9.32. The topological polar surface area (TPSA) is 112 Å². The number of allylic oxidation sites excluding steroid dienone is 1. The molecule has 36 heavy (non-hydrogen) atoms. The van der Waals surface area contributed by atoms with Crippen LogP contribution in [-0.2, 0) is 28.5 Å².